The first-order valence-corrected chi connectivity index (χ1v) is 11.0. The van der Waals surface area contributed by atoms with Gasteiger partial charge in [0.25, 0.3) is 0 Å². The Labute approximate surface area is 178 Å². The van der Waals surface area contributed by atoms with Gasteiger partial charge in [0.1, 0.15) is 17.6 Å². The van der Waals surface area contributed by atoms with Crippen molar-refractivity contribution in [3.05, 3.63) is 57.6 Å². The molecule has 1 aliphatic heterocycles. The molecule has 4 rings (SSSR count). The lowest BCUT2D eigenvalue weighted by atomic mass is 10.0. The molecular formula is C24H30ClNO3. The molecule has 0 unspecified atom stereocenters. The van der Waals surface area contributed by atoms with Gasteiger partial charge in [0.15, 0.2) is 0 Å². The van der Waals surface area contributed by atoms with Crippen LogP contribution in [0.15, 0.2) is 30.3 Å². The van der Waals surface area contributed by atoms with Crippen molar-refractivity contribution in [3.63, 3.8) is 0 Å². The maximum absolute atomic E-state index is 9.75. The zero-order valence-corrected chi connectivity index (χ0v) is 18.0. The van der Waals surface area contributed by atoms with Gasteiger partial charge < -0.3 is 14.6 Å². The molecule has 0 amide bonds. The Bertz CT molecular complexity index is 861. The topological polar surface area (TPSA) is 41.9 Å². The minimum Gasteiger partial charge on any atom is -0.493 e. The van der Waals surface area contributed by atoms with Crippen molar-refractivity contribution >= 4 is 11.6 Å². The SMILES string of the molecule is CCOc1cc(O[C@H]2CCc3c(C)cccc32)c(Cl)cc1CN1CCC(O)CC1. The number of piperidine rings is 1. The summed E-state index contributed by atoms with van der Waals surface area (Å²) < 4.78 is 12.3. The van der Waals surface area contributed by atoms with E-state index in [2.05, 4.69) is 30.0 Å². The van der Waals surface area contributed by atoms with Crippen molar-refractivity contribution in [1.82, 2.24) is 4.90 Å². The summed E-state index contributed by atoms with van der Waals surface area (Å²) in [5, 5.41) is 10.4. The molecular weight excluding hydrogens is 386 g/mol. The standard InChI is InChI=1S/C24H30ClNO3/c1-3-28-23-14-24(29-22-8-7-19-16(2)5-4-6-20(19)22)21(25)13-17(23)15-26-11-9-18(27)10-12-26/h4-6,13-14,18,22,27H,3,7-12,15H2,1-2H3/t22-/m0/s1. The first-order valence-electron chi connectivity index (χ1n) is 10.7. The molecule has 1 atom stereocenters. The Morgan fingerprint density at radius 1 is 1.14 bits per heavy atom. The van der Waals surface area contributed by atoms with Gasteiger partial charge >= 0.3 is 0 Å². The zero-order chi connectivity index (χ0) is 20.4. The molecule has 2 aromatic rings. The molecule has 0 bridgehead atoms. The third-order valence-electron chi connectivity index (χ3n) is 6.09. The van der Waals surface area contributed by atoms with Crippen molar-refractivity contribution < 1.29 is 14.6 Å². The molecule has 1 saturated heterocycles. The van der Waals surface area contributed by atoms with Crippen LogP contribution in [0.25, 0.3) is 0 Å². The Morgan fingerprint density at radius 3 is 2.69 bits per heavy atom. The molecule has 4 nitrogen and oxygen atoms in total. The summed E-state index contributed by atoms with van der Waals surface area (Å²) in [5.41, 5.74) is 5.08. The molecule has 1 heterocycles. The first kappa shape index (κ1) is 20.5. The van der Waals surface area contributed by atoms with Crippen LogP contribution in [-0.2, 0) is 13.0 Å². The molecule has 0 radical (unpaired) electrons. The highest BCUT2D eigenvalue weighted by atomic mass is 35.5. The number of aliphatic hydroxyl groups is 1. The fourth-order valence-corrected chi connectivity index (χ4v) is 4.70. The van der Waals surface area contributed by atoms with E-state index in [1.54, 1.807) is 0 Å². The highest BCUT2D eigenvalue weighted by Gasteiger charge is 2.26. The summed E-state index contributed by atoms with van der Waals surface area (Å²) in [6.07, 6.45) is 3.51. The van der Waals surface area contributed by atoms with Gasteiger partial charge in [-0.15, -0.1) is 0 Å². The summed E-state index contributed by atoms with van der Waals surface area (Å²) in [7, 11) is 0. The van der Waals surface area contributed by atoms with Crippen LogP contribution >= 0.6 is 11.6 Å². The van der Waals surface area contributed by atoms with E-state index in [0.717, 1.165) is 56.6 Å². The monoisotopic (exact) mass is 415 g/mol. The van der Waals surface area contributed by atoms with E-state index in [9.17, 15) is 5.11 Å². The maximum Gasteiger partial charge on any atom is 0.142 e. The number of fused-ring (bicyclic) bond motifs is 1. The Hall–Kier alpha value is -1.75. The van der Waals surface area contributed by atoms with Gasteiger partial charge in [0.2, 0.25) is 0 Å². The maximum atomic E-state index is 9.75. The largest absolute Gasteiger partial charge is 0.493 e. The van der Waals surface area contributed by atoms with Gasteiger partial charge in [-0.1, -0.05) is 29.8 Å². The van der Waals surface area contributed by atoms with Crippen molar-refractivity contribution in [3.8, 4) is 11.5 Å². The quantitative estimate of drug-likeness (QED) is 0.715. The minimum atomic E-state index is -0.171. The minimum absolute atomic E-state index is 0.0336. The molecule has 29 heavy (non-hydrogen) atoms. The second-order valence-corrected chi connectivity index (χ2v) is 8.53. The number of hydrogen-bond acceptors (Lipinski definition) is 4. The smallest absolute Gasteiger partial charge is 0.142 e. The number of aliphatic hydroxyl groups excluding tert-OH is 1. The lowest BCUT2D eigenvalue weighted by Gasteiger charge is -2.30. The Kier molecular flexibility index (Phi) is 6.33. The average molecular weight is 416 g/mol. The number of ether oxygens (including phenoxy) is 2. The lowest BCUT2D eigenvalue weighted by molar-refractivity contribution is 0.0788. The summed E-state index contributed by atoms with van der Waals surface area (Å²) in [4.78, 5) is 2.34. The van der Waals surface area contributed by atoms with Crippen LogP contribution in [-0.4, -0.2) is 35.8 Å². The van der Waals surface area contributed by atoms with E-state index in [0.29, 0.717) is 17.4 Å². The van der Waals surface area contributed by atoms with Gasteiger partial charge in [-0.2, -0.15) is 0 Å². The number of halogens is 1. The van der Waals surface area contributed by atoms with Crippen molar-refractivity contribution in [2.24, 2.45) is 0 Å². The molecule has 1 N–H and O–H groups in total. The molecule has 0 aromatic heterocycles. The second kappa shape index (κ2) is 8.95. The normalized spacial score (nSPS) is 19.9. The van der Waals surface area contributed by atoms with Crippen LogP contribution in [0.5, 0.6) is 11.5 Å². The third kappa shape index (κ3) is 4.55. The van der Waals surface area contributed by atoms with Crippen LogP contribution in [0.3, 0.4) is 0 Å². The van der Waals surface area contributed by atoms with Crippen molar-refractivity contribution in [1.29, 1.82) is 0 Å². The molecule has 1 aliphatic carbocycles. The Morgan fingerprint density at radius 2 is 1.93 bits per heavy atom. The van der Waals surface area contributed by atoms with E-state index >= 15 is 0 Å². The highest BCUT2D eigenvalue weighted by molar-refractivity contribution is 6.32. The van der Waals surface area contributed by atoms with Crippen LogP contribution in [0.2, 0.25) is 5.02 Å². The molecule has 2 aromatic carbocycles. The Balaban J connectivity index is 1.54. The number of rotatable bonds is 6. The summed E-state index contributed by atoms with van der Waals surface area (Å²) >= 11 is 6.64. The predicted octanol–water partition coefficient (Wildman–Crippen LogP) is 5.07. The van der Waals surface area contributed by atoms with E-state index in [1.807, 2.05) is 19.1 Å². The lowest BCUT2D eigenvalue weighted by Crippen LogP contribution is -2.35. The predicted molar refractivity (Wildman–Crippen MR) is 116 cm³/mol. The third-order valence-corrected chi connectivity index (χ3v) is 6.38. The van der Waals surface area contributed by atoms with Crippen molar-refractivity contribution in [2.75, 3.05) is 19.7 Å². The van der Waals surface area contributed by atoms with Crippen LogP contribution in [0.4, 0.5) is 0 Å². The highest BCUT2D eigenvalue weighted by Crippen LogP contribution is 2.41. The van der Waals surface area contributed by atoms with Gasteiger partial charge in [-0.05, 0) is 62.3 Å². The second-order valence-electron chi connectivity index (χ2n) is 8.12. The van der Waals surface area contributed by atoms with E-state index in [1.165, 1.54) is 16.7 Å². The molecule has 2 aliphatic rings. The molecule has 0 spiro atoms. The fraction of sp³-hybridized carbons (Fsp3) is 0.500. The summed E-state index contributed by atoms with van der Waals surface area (Å²) in [6, 6.07) is 10.4. The number of aryl methyl sites for hydroxylation is 1. The van der Waals surface area contributed by atoms with Crippen LogP contribution in [0, 0.1) is 6.92 Å². The van der Waals surface area contributed by atoms with Crippen LogP contribution < -0.4 is 9.47 Å². The van der Waals surface area contributed by atoms with Gasteiger partial charge in [0.05, 0.1) is 17.7 Å². The van der Waals surface area contributed by atoms with E-state index in [-0.39, 0.29) is 12.2 Å². The van der Waals surface area contributed by atoms with Gasteiger partial charge in [-0.3, -0.25) is 4.90 Å². The zero-order valence-electron chi connectivity index (χ0n) is 17.3. The first-order chi connectivity index (χ1) is 14.0. The van der Waals surface area contributed by atoms with E-state index in [4.69, 9.17) is 21.1 Å². The molecule has 156 valence electrons. The van der Waals surface area contributed by atoms with Crippen molar-refractivity contribution in [2.45, 2.75) is 58.3 Å². The van der Waals surface area contributed by atoms with Gasteiger partial charge in [-0.25, -0.2) is 0 Å². The molecule has 1 fully saturated rings. The van der Waals surface area contributed by atoms with Gasteiger partial charge in [0, 0.05) is 31.3 Å². The average Bonchev–Trinajstić information content (AvgIpc) is 3.11. The summed E-state index contributed by atoms with van der Waals surface area (Å²) in [6.45, 7) is 7.30. The number of likely N-dealkylation sites (tertiary alicyclic amines) is 1. The summed E-state index contributed by atoms with van der Waals surface area (Å²) in [5.74, 6) is 1.52. The number of hydrogen-bond donors (Lipinski definition) is 1. The number of nitrogens with zero attached hydrogens (tertiary/aromatic N) is 1. The number of benzene rings is 2. The van der Waals surface area contributed by atoms with Crippen LogP contribution in [0.1, 0.15) is 54.5 Å². The molecule has 5 heteroatoms. The molecule has 0 saturated carbocycles. The fourth-order valence-electron chi connectivity index (χ4n) is 4.47. The van der Waals surface area contributed by atoms with E-state index < -0.39 is 0 Å².